The van der Waals surface area contributed by atoms with Crippen molar-refractivity contribution in [3.8, 4) is 11.1 Å². The highest BCUT2D eigenvalue weighted by atomic mass is 35.5. The maximum Gasteiger partial charge on any atom is 0.256 e. The summed E-state index contributed by atoms with van der Waals surface area (Å²) in [5.74, 6) is 4.76. The fourth-order valence-electron chi connectivity index (χ4n) is 3.23. The standard InChI is InChI=1S/C20H22N2O2.ClH/c1-20(2,3)12-17(23)18-15-10-5-4-8-13(15)14-9-6-7-11-16(14)22(21)19(18)24;/h4-11,18H,12,21H2,1-3H3;1H. The van der Waals surface area contributed by atoms with Gasteiger partial charge in [-0.3, -0.25) is 9.59 Å². The Morgan fingerprint density at radius 1 is 1.04 bits per heavy atom. The maximum atomic E-state index is 13.0. The van der Waals surface area contributed by atoms with Crippen molar-refractivity contribution in [3.05, 3.63) is 54.1 Å². The molecule has 0 saturated carbocycles. The Morgan fingerprint density at radius 2 is 1.60 bits per heavy atom. The highest BCUT2D eigenvalue weighted by Gasteiger charge is 2.38. The summed E-state index contributed by atoms with van der Waals surface area (Å²) in [6.07, 6.45) is 0.321. The van der Waals surface area contributed by atoms with Crippen LogP contribution in [0.1, 0.15) is 38.7 Å². The van der Waals surface area contributed by atoms with Gasteiger partial charge in [0.05, 0.1) is 5.69 Å². The van der Waals surface area contributed by atoms with Crippen LogP contribution < -0.4 is 10.9 Å². The quantitative estimate of drug-likeness (QED) is 0.499. The first kappa shape index (κ1) is 19.2. The molecule has 132 valence electrons. The van der Waals surface area contributed by atoms with Crippen LogP contribution in [0.2, 0.25) is 0 Å². The molecule has 1 atom stereocenters. The average molecular weight is 359 g/mol. The molecule has 0 fully saturated rings. The largest absolute Gasteiger partial charge is 0.298 e. The van der Waals surface area contributed by atoms with Crippen LogP contribution in [0.5, 0.6) is 0 Å². The first-order chi connectivity index (χ1) is 11.3. The van der Waals surface area contributed by atoms with Crippen LogP contribution in [-0.4, -0.2) is 11.7 Å². The second-order valence-electron chi connectivity index (χ2n) is 7.45. The number of carbonyl (C=O) groups excluding carboxylic acids is 2. The van der Waals surface area contributed by atoms with E-state index in [4.69, 9.17) is 5.84 Å². The van der Waals surface area contributed by atoms with Crippen molar-refractivity contribution in [1.82, 2.24) is 0 Å². The molecule has 2 aromatic rings. The number of ketones is 1. The van der Waals surface area contributed by atoms with Crippen LogP contribution in [0.25, 0.3) is 11.1 Å². The predicted octanol–water partition coefficient (Wildman–Crippen LogP) is 4.08. The number of benzene rings is 2. The number of para-hydroxylation sites is 1. The molecule has 25 heavy (non-hydrogen) atoms. The molecule has 2 N–H and O–H groups in total. The highest BCUT2D eigenvalue weighted by Crippen LogP contribution is 2.41. The first-order valence-electron chi connectivity index (χ1n) is 8.09. The molecule has 2 aromatic carbocycles. The van der Waals surface area contributed by atoms with E-state index >= 15 is 0 Å². The van der Waals surface area contributed by atoms with E-state index in [1.54, 1.807) is 6.07 Å². The first-order valence-corrected chi connectivity index (χ1v) is 8.09. The van der Waals surface area contributed by atoms with Crippen molar-refractivity contribution >= 4 is 29.8 Å². The summed E-state index contributed by atoms with van der Waals surface area (Å²) in [7, 11) is 0. The Morgan fingerprint density at radius 3 is 2.24 bits per heavy atom. The van der Waals surface area contributed by atoms with Crippen LogP contribution in [0.15, 0.2) is 48.5 Å². The van der Waals surface area contributed by atoms with Gasteiger partial charge in [-0.1, -0.05) is 63.2 Å². The number of Topliss-reactive ketones (excluding diaryl/α,β-unsaturated/α-hetero) is 1. The second kappa shape index (κ2) is 6.98. The van der Waals surface area contributed by atoms with Crippen LogP contribution in [0.4, 0.5) is 5.69 Å². The minimum absolute atomic E-state index is 0. The number of hydrogen-bond acceptors (Lipinski definition) is 3. The topological polar surface area (TPSA) is 63.4 Å². The van der Waals surface area contributed by atoms with Crippen molar-refractivity contribution in [2.45, 2.75) is 33.1 Å². The Balaban J connectivity index is 0.00000225. The highest BCUT2D eigenvalue weighted by molar-refractivity contribution is 6.16. The zero-order chi connectivity index (χ0) is 17.5. The van der Waals surface area contributed by atoms with E-state index in [1.807, 2.05) is 63.2 Å². The lowest BCUT2D eigenvalue weighted by Crippen LogP contribution is -2.42. The van der Waals surface area contributed by atoms with Crippen molar-refractivity contribution in [2.24, 2.45) is 11.3 Å². The fraction of sp³-hybridized carbons (Fsp3) is 0.300. The summed E-state index contributed by atoms with van der Waals surface area (Å²) in [6, 6.07) is 15.1. The van der Waals surface area contributed by atoms with Crippen molar-refractivity contribution in [1.29, 1.82) is 0 Å². The average Bonchev–Trinajstić information content (AvgIpc) is 2.61. The zero-order valence-electron chi connectivity index (χ0n) is 14.7. The minimum atomic E-state index is -0.863. The summed E-state index contributed by atoms with van der Waals surface area (Å²) in [4.78, 5) is 25.9. The molecule has 1 aliphatic heterocycles. The number of fused-ring (bicyclic) bond motifs is 3. The lowest BCUT2D eigenvalue weighted by atomic mass is 9.81. The number of nitrogens with zero attached hydrogens (tertiary/aromatic N) is 1. The van der Waals surface area contributed by atoms with E-state index in [0.29, 0.717) is 12.1 Å². The van der Waals surface area contributed by atoms with Crippen molar-refractivity contribution in [2.75, 3.05) is 5.01 Å². The number of halogens is 1. The van der Waals surface area contributed by atoms with Crippen LogP contribution in [-0.2, 0) is 9.59 Å². The molecule has 0 saturated heterocycles. The SMILES string of the molecule is CC(C)(C)CC(=O)C1C(=O)N(N)c2ccccc2-c2ccccc21.Cl. The molecule has 1 aliphatic rings. The fourth-order valence-corrected chi connectivity index (χ4v) is 3.23. The Kier molecular flexibility index (Phi) is 5.35. The number of hydrogen-bond donors (Lipinski definition) is 1. The second-order valence-corrected chi connectivity index (χ2v) is 7.45. The van der Waals surface area contributed by atoms with Gasteiger partial charge in [0.1, 0.15) is 11.7 Å². The van der Waals surface area contributed by atoms with Crippen LogP contribution in [0, 0.1) is 5.41 Å². The third-order valence-corrected chi connectivity index (χ3v) is 4.24. The molecule has 0 radical (unpaired) electrons. The smallest absolute Gasteiger partial charge is 0.256 e. The summed E-state index contributed by atoms with van der Waals surface area (Å²) >= 11 is 0. The number of anilines is 1. The molecule has 0 spiro atoms. The van der Waals surface area contributed by atoms with Gasteiger partial charge in [0, 0.05) is 12.0 Å². The summed E-state index contributed by atoms with van der Waals surface area (Å²) < 4.78 is 0. The van der Waals surface area contributed by atoms with E-state index in [2.05, 4.69) is 0 Å². The molecule has 3 rings (SSSR count). The lowest BCUT2D eigenvalue weighted by molar-refractivity contribution is -0.130. The third-order valence-electron chi connectivity index (χ3n) is 4.24. The predicted molar refractivity (Wildman–Crippen MR) is 103 cm³/mol. The van der Waals surface area contributed by atoms with E-state index in [0.717, 1.165) is 21.7 Å². The number of carbonyl (C=O) groups is 2. The summed E-state index contributed by atoms with van der Waals surface area (Å²) in [5.41, 5.74) is 2.93. The van der Waals surface area contributed by atoms with Gasteiger partial charge < -0.3 is 0 Å². The summed E-state index contributed by atoms with van der Waals surface area (Å²) in [6.45, 7) is 5.98. The Bertz CT molecular complexity index is 811. The lowest BCUT2D eigenvalue weighted by Gasteiger charge is -2.24. The number of amides is 1. The Labute approximate surface area is 154 Å². The van der Waals surface area contributed by atoms with E-state index < -0.39 is 5.92 Å². The van der Waals surface area contributed by atoms with E-state index in [9.17, 15) is 9.59 Å². The maximum absolute atomic E-state index is 13.0. The van der Waals surface area contributed by atoms with Gasteiger partial charge in [0.15, 0.2) is 0 Å². The molecule has 4 nitrogen and oxygen atoms in total. The van der Waals surface area contributed by atoms with Gasteiger partial charge in [-0.2, -0.15) is 0 Å². The van der Waals surface area contributed by atoms with Gasteiger partial charge in [-0.25, -0.2) is 10.9 Å². The van der Waals surface area contributed by atoms with Gasteiger partial charge in [-0.05, 0) is 22.6 Å². The number of hydrazine groups is 1. The Hall–Kier alpha value is -2.17. The number of rotatable bonds is 2. The molecule has 1 heterocycles. The molecule has 0 bridgehead atoms. The monoisotopic (exact) mass is 358 g/mol. The molecule has 0 aliphatic carbocycles. The molecular formula is C20H23ClN2O2. The number of nitrogens with two attached hydrogens (primary N) is 1. The normalized spacial score (nSPS) is 16.4. The minimum Gasteiger partial charge on any atom is -0.298 e. The molecule has 0 aromatic heterocycles. The van der Waals surface area contributed by atoms with Gasteiger partial charge >= 0.3 is 0 Å². The molecule has 1 amide bonds. The van der Waals surface area contributed by atoms with E-state index in [-0.39, 0.29) is 29.5 Å². The molecular weight excluding hydrogens is 336 g/mol. The van der Waals surface area contributed by atoms with Gasteiger partial charge in [-0.15, -0.1) is 12.4 Å². The van der Waals surface area contributed by atoms with E-state index in [1.165, 1.54) is 0 Å². The third kappa shape index (κ3) is 3.60. The van der Waals surface area contributed by atoms with Crippen molar-refractivity contribution in [3.63, 3.8) is 0 Å². The van der Waals surface area contributed by atoms with Gasteiger partial charge in [0.2, 0.25) is 0 Å². The molecule has 5 heteroatoms. The van der Waals surface area contributed by atoms with Gasteiger partial charge in [0.25, 0.3) is 5.91 Å². The van der Waals surface area contributed by atoms with Crippen LogP contribution >= 0.6 is 12.4 Å². The molecule has 1 unspecified atom stereocenters. The zero-order valence-corrected chi connectivity index (χ0v) is 15.5. The van der Waals surface area contributed by atoms with Crippen molar-refractivity contribution < 1.29 is 9.59 Å². The summed E-state index contributed by atoms with van der Waals surface area (Å²) in [5, 5.41) is 1.13. The van der Waals surface area contributed by atoms with Crippen LogP contribution in [0.3, 0.4) is 0 Å².